The Kier molecular flexibility index (Phi) is 5.07. The van der Waals surface area contributed by atoms with Crippen LogP contribution in [0.1, 0.15) is 11.5 Å². The average molecular weight is 334 g/mol. The summed E-state index contributed by atoms with van der Waals surface area (Å²) in [6.07, 6.45) is 2.72. The fraction of sp³-hybridized carbons (Fsp3) is 0.105. The second kappa shape index (κ2) is 7.79. The number of esters is 1. The molecule has 6 heteroatoms. The molecule has 0 saturated heterocycles. The van der Waals surface area contributed by atoms with Crippen molar-refractivity contribution in [2.75, 3.05) is 13.2 Å². The molecule has 124 valence electrons. The molecule has 3 aromatic rings. The van der Waals surface area contributed by atoms with Crippen LogP contribution in [0.2, 0.25) is 0 Å². The second-order valence-electron chi connectivity index (χ2n) is 5.01. The number of nitriles is 1. The van der Waals surface area contributed by atoms with E-state index in [1.54, 1.807) is 30.3 Å². The van der Waals surface area contributed by atoms with E-state index in [1.807, 2.05) is 24.3 Å². The maximum atomic E-state index is 11.7. The van der Waals surface area contributed by atoms with Crippen LogP contribution in [-0.2, 0) is 9.53 Å². The third kappa shape index (κ3) is 4.45. The van der Waals surface area contributed by atoms with E-state index in [0.29, 0.717) is 22.8 Å². The number of para-hydroxylation sites is 2. The van der Waals surface area contributed by atoms with Gasteiger partial charge in [0.15, 0.2) is 5.58 Å². The maximum absolute atomic E-state index is 11.7. The summed E-state index contributed by atoms with van der Waals surface area (Å²) in [5.74, 6) is 0.440. The predicted molar refractivity (Wildman–Crippen MR) is 90.7 cm³/mol. The number of carbonyl (C=O) groups excluding carboxylic acids is 1. The van der Waals surface area contributed by atoms with Gasteiger partial charge in [-0.25, -0.2) is 9.78 Å². The van der Waals surface area contributed by atoms with Crippen LogP contribution in [0.15, 0.2) is 59.0 Å². The Balaban J connectivity index is 1.43. The molecule has 0 radical (unpaired) electrons. The van der Waals surface area contributed by atoms with Gasteiger partial charge in [0.25, 0.3) is 0 Å². The molecule has 0 spiro atoms. The Hall–Kier alpha value is -3.59. The first-order chi connectivity index (χ1) is 12.2. The molecule has 6 nitrogen and oxygen atoms in total. The summed E-state index contributed by atoms with van der Waals surface area (Å²) in [5.41, 5.74) is 1.95. The van der Waals surface area contributed by atoms with Gasteiger partial charge in [-0.3, -0.25) is 0 Å². The van der Waals surface area contributed by atoms with Crippen molar-refractivity contribution >= 4 is 23.1 Å². The Morgan fingerprint density at radius 3 is 2.72 bits per heavy atom. The SMILES string of the molecule is N#Cc1ccc(OCCOC(=O)/C=C/c2nc3ccccc3o2)cc1. The number of nitrogens with zero attached hydrogens (tertiary/aromatic N) is 2. The van der Waals surface area contributed by atoms with Gasteiger partial charge in [-0.15, -0.1) is 0 Å². The van der Waals surface area contributed by atoms with Crippen molar-refractivity contribution < 1.29 is 18.7 Å². The van der Waals surface area contributed by atoms with Gasteiger partial charge in [0.1, 0.15) is 24.5 Å². The van der Waals surface area contributed by atoms with E-state index < -0.39 is 5.97 Å². The van der Waals surface area contributed by atoms with Crippen LogP contribution < -0.4 is 4.74 Å². The van der Waals surface area contributed by atoms with Gasteiger partial charge in [0.2, 0.25) is 5.89 Å². The number of oxazole rings is 1. The molecule has 0 aliphatic heterocycles. The summed E-state index contributed by atoms with van der Waals surface area (Å²) in [7, 11) is 0. The Bertz CT molecular complexity index is 903. The number of ether oxygens (including phenoxy) is 2. The highest BCUT2D eigenvalue weighted by atomic mass is 16.6. The lowest BCUT2D eigenvalue weighted by Crippen LogP contribution is -2.10. The molecule has 1 aromatic heterocycles. The van der Waals surface area contributed by atoms with Crippen LogP contribution in [0.25, 0.3) is 17.2 Å². The van der Waals surface area contributed by atoms with Crippen molar-refractivity contribution in [1.82, 2.24) is 4.98 Å². The summed E-state index contributed by atoms with van der Waals surface area (Å²) in [6.45, 7) is 0.325. The standard InChI is InChI=1S/C19H14N2O4/c20-13-14-5-7-15(8-6-14)23-11-12-24-19(22)10-9-18-21-16-3-1-2-4-17(16)25-18/h1-10H,11-12H2/b10-9+. The lowest BCUT2D eigenvalue weighted by Gasteiger charge is -2.05. The van der Waals surface area contributed by atoms with E-state index in [1.165, 1.54) is 12.2 Å². The summed E-state index contributed by atoms with van der Waals surface area (Å²) in [6, 6.07) is 16.1. The Morgan fingerprint density at radius 1 is 1.16 bits per heavy atom. The highest BCUT2D eigenvalue weighted by Crippen LogP contribution is 2.15. The molecule has 0 aliphatic rings. The molecule has 0 aliphatic carbocycles. The van der Waals surface area contributed by atoms with Gasteiger partial charge < -0.3 is 13.9 Å². The van der Waals surface area contributed by atoms with E-state index in [2.05, 4.69) is 4.98 Å². The number of carbonyl (C=O) groups is 1. The fourth-order valence-corrected chi connectivity index (χ4v) is 2.08. The average Bonchev–Trinajstić information content (AvgIpc) is 3.07. The topological polar surface area (TPSA) is 85.4 Å². The van der Waals surface area contributed by atoms with E-state index in [4.69, 9.17) is 19.2 Å². The van der Waals surface area contributed by atoms with Crippen LogP contribution >= 0.6 is 0 Å². The molecule has 1 heterocycles. The molecule has 0 unspecified atom stereocenters. The molecular formula is C19H14N2O4. The van der Waals surface area contributed by atoms with Gasteiger partial charge in [-0.1, -0.05) is 12.1 Å². The van der Waals surface area contributed by atoms with Crippen LogP contribution in [0.4, 0.5) is 0 Å². The number of benzene rings is 2. The number of aromatic nitrogens is 1. The quantitative estimate of drug-likeness (QED) is 0.390. The van der Waals surface area contributed by atoms with E-state index >= 15 is 0 Å². The van der Waals surface area contributed by atoms with Crippen molar-refractivity contribution in [1.29, 1.82) is 5.26 Å². The van der Waals surface area contributed by atoms with Crippen molar-refractivity contribution in [2.24, 2.45) is 0 Å². The number of rotatable bonds is 6. The van der Waals surface area contributed by atoms with Gasteiger partial charge >= 0.3 is 5.97 Å². The third-order valence-electron chi connectivity index (χ3n) is 3.25. The summed E-state index contributed by atoms with van der Waals surface area (Å²) >= 11 is 0. The molecule has 0 saturated carbocycles. The fourth-order valence-electron chi connectivity index (χ4n) is 2.08. The number of hydrogen-bond acceptors (Lipinski definition) is 6. The van der Waals surface area contributed by atoms with Crippen LogP contribution in [0.5, 0.6) is 5.75 Å². The van der Waals surface area contributed by atoms with Crippen molar-refractivity contribution in [3.05, 3.63) is 66.1 Å². The molecule has 3 rings (SSSR count). The van der Waals surface area contributed by atoms with E-state index in [0.717, 1.165) is 5.52 Å². The third-order valence-corrected chi connectivity index (χ3v) is 3.25. The first kappa shape index (κ1) is 16.3. The summed E-state index contributed by atoms with van der Waals surface area (Å²) in [4.78, 5) is 15.9. The Labute approximate surface area is 143 Å². The zero-order valence-corrected chi connectivity index (χ0v) is 13.2. The molecule has 0 fully saturated rings. The van der Waals surface area contributed by atoms with Crippen LogP contribution in [0, 0.1) is 11.3 Å². The van der Waals surface area contributed by atoms with Crippen molar-refractivity contribution in [2.45, 2.75) is 0 Å². The summed E-state index contributed by atoms with van der Waals surface area (Å²) < 4.78 is 15.9. The number of fused-ring (bicyclic) bond motifs is 1. The highest BCUT2D eigenvalue weighted by Gasteiger charge is 2.03. The lowest BCUT2D eigenvalue weighted by atomic mass is 10.2. The van der Waals surface area contributed by atoms with Crippen LogP contribution in [-0.4, -0.2) is 24.2 Å². The van der Waals surface area contributed by atoms with Gasteiger partial charge in [0, 0.05) is 12.2 Å². The van der Waals surface area contributed by atoms with Gasteiger partial charge in [0.05, 0.1) is 11.6 Å². The largest absolute Gasteiger partial charge is 0.490 e. The van der Waals surface area contributed by atoms with E-state index in [9.17, 15) is 4.79 Å². The monoisotopic (exact) mass is 334 g/mol. The number of hydrogen-bond donors (Lipinski definition) is 0. The molecule has 0 atom stereocenters. The zero-order chi connectivity index (χ0) is 17.5. The second-order valence-corrected chi connectivity index (χ2v) is 5.01. The summed E-state index contributed by atoms with van der Waals surface area (Å²) in [5, 5.41) is 8.71. The highest BCUT2D eigenvalue weighted by molar-refractivity contribution is 5.86. The maximum Gasteiger partial charge on any atom is 0.331 e. The minimum Gasteiger partial charge on any atom is -0.490 e. The lowest BCUT2D eigenvalue weighted by molar-refractivity contribution is -0.138. The first-order valence-electron chi connectivity index (χ1n) is 7.58. The molecular weight excluding hydrogens is 320 g/mol. The van der Waals surface area contributed by atoms with E-state index in [-0.39, 0.29) is 13.2 Å². The molecule has 25 heavy (non-hydrogen) atoms. The molecule has 0 bridgehead atoms. The molecule has 0 N–H and O–H groups in total. The van der Waals surface area contributed by atoms with Gasteiger partial charge in [-0.05, 0) is 36.4 Å². The molecule has 0 amide bonds. The molecule has 2 aromatic carbocycles. The van der Waals surface area contributed by atoms with Crippen LogP contribution in [0.3, 0.4) is 0 Å². The first-order valence-corrected chi connectivity index (χ1v) is 7.58. The normalized spacial score (nSPS) is 10.7. The minimum atomic E-state index is -0.509. The van der Waals surface area contributed by atoms with Crippen molar-refractivity contribution in [3.8, 4) is 11.8 Å². The van der Waals surface area contributed by atoms with Crippen molar-refractivity contribution in [3.63, 3.8) is 0 Å². The Morgan fingerprint density at radius 2 is 1.96 bits per heavy atom. The van der Waals surface area contributed by atoms with Gasteiger partial charge in [-0.2, -0.15) is 5.26 Å². The zero-order valence-electron chi connectivity index (χ0n) is 13.2. The smallest absolute Gasteiger partial charge is 0.331 e. The minimum absolute atomic E-state index is 0.108. The predicted octanol–water partition coefficient (Wildman–Crippen LogP) is 3.33.